The smallest absolute Gasteiger partial charge is 0.287 e. The molecule has 0 saturated heterocycles. The van der Waals surface area contributed by atoms with Crippen molar-refractivity contribution in [1.29, 1.82) is 0 Å². The number of rotatable bonds is 6. The first-order valence-electron chi connectivity index (χ1n) is 9.66. The lowest BCUT2D eigenvalue weighted by molar-refractivity contribution is 0.0937. The van der Waals surface area contributed by atoms with Crippen molar-refractivity contribution in [2.75, 3.05) is 0 Å². The molecular weight excluding hydrogens is 392 g/mol. The molecule has 0 atom stereocenters. The van der Waals surface area contributed by atoms with Crippen molar-refractivity contribution in [2.24, 2.45) is 0 Å². The van der Waals surface area contributed by atoms with Gasteiger partial charge in [-0.05, 0) is 44.2 Å². The van der Waals surface area contributed by atoms with Crippen molar-refractivity contribution in [1.82, 2.24) is 30.8 Å². The maximum atomic E-state index is 12.5. The van der Waals surface area contributed by atoms with Crippen molar-refractivity contribution < 1.29 is 9.90 Å². The number of nitrogens with zero attached hydrogens (tertiary/aromatic N) is 3. The number of aromatic nitrogens is 4. The van der Waals surface area contributed by atoms with Gasteiger partial charge < -0.3 is 5.11 Å². The molecule has 4 N–H and O–H groups in total. The summed E-state index contributed by atoms with van der Waals surface area (Å²) in [4.78, 5) is 12.5. The molecule has 0 fully saturated rings. The van der Waals surface area contributed by atoms with Crippen molar-refractivity contribution in [3.63, 3.8) is 0 Å². The van der Waals surface area contributed by atoms with E-state index < -0.39 is 5.91 Å². The molecule has 0 radical (unpaired) electrons. The van der Waals surface area contributed by atoms with Gasteiger partial charge in [0.15, 0.2) is 0 Å². The van der Waals surface area contributed by atoms with E-state index >= 15 is 0 Å². The average Bonchev–Trinajstić information content (AvgIpc) is 3.37. The Morgan fingerprint density at radius 2 is 1.77 bits per heavy atom. The molecule has 8 heteroatoms. The van der Waals surface area contributed by atoms with Crippen LogP contribution < -0.4 is 10.9 Å². The lowest BCUT2D eigenvalue weighted by Crippen LogP contribution is -2.36. The van der Waals surface area contributed by atoms with E-state index in [9.17, 15) is 9.90 Å². The zero-order valence-electron chi connectivity index (χ0n) is 17.2. The van der Waals surface area contributed by atoms with Crippen molar-refractivity contribution >= 4 is 11.6 Å². The second kappa shape index (κ2) is 8.19. The summed E-state index contributed by atoms with van der Waals surface area (Å²) in [5, 5.41) is 21.6. The summed E-state index contributed by atoms with van der Waals surface area (Å²) in [7, 11) is 0. The number of hydrogen-bond donors (Lipinski definition) is 4. The molecule has 2 heterocycles. The van der Waals surface area contributed by atoms with Gasteiger partial charge >= 0.3 is 0 Å². The predicted octanol–water partition coefficient (Wildman–Crippen LogP) is 3.49. The minimum atomic E-state index is -0.416. The number of phenols is 1. The molecule has 2 aromatic heterocycles. The number of carbonyl (C=O) groups is 1. The first kappa shape index (κ1) is 20.0. The summed E-state index contributed by atoms with van der Waals surface area (Å²) in [5.74, 6) is -0.347. The zero-order chi connectivity index (χ0) is 22.0. The van der Waals surface area contributed by atoms with E-state index in [2.05, 4.69) is 32.7 Å². The normalized spacial score (nSPS) is 10.6. The second-order valence-corrected chi connectivity index (χ2v) is 7.03. The van der Waals surface area contributed by atoms with Crippen LogP contribution >= 0.6 is 0 Å². The van der Waals surface area contributed by atoms with Gasteiger partial charge in [0.1, 0.15) is 11.4 Å². The first-order valence-corrected chi connectivity index (χ1v) is 9.66. The van der Waals surface area contributed by atoms with Gasteiger partial charge in [0.25, 0.3) is 5.91 Å². The Morgan fingerprint density at radius 1 is 1.06 bits per heavy atom. The number of benzene rings is 2. The van der Waals surface area contributed by atoms with Gasteiger partial charge in [0.2, 0.25) is 0 Å². The molecule has 31 heavy (non-hydrogen) atoms. The Balaban J connectivity index is 1.51. The number of para-hydroxylation sites is 2. The molecule has 4 rings (SSSR count). The molecule has 0 aliphatic carbocycles. The number of hydrogen-bond acceptors (Lipinski definition) is 5. The van der Waals surface area contributed by atoms with Gasteiger partial charge in [0, 0.05) is 11.1 Å². The molecule has 8 nitrogen and oxygen atoms in total. The number of H-pyrrole nitrogens is 1. The standard InChI is InChI=1S/C23H22N6O2/c1-14(18-11-7-8-12-21(18)30)24-27-23(31)20-13-19(25-26-20)22-15(2)28-29(16(22)3)17-9-5-4-6-10-17/h4-13,24,30H,1H2,2-3H3,(H,25,26)(H,27,31). The van der Waals surface area contributed by atoms with Gasteiger partial charge in [-0.2, -0.15) is 10.2 Å². The second-order valence-electron chi connectivity index (χ2n) is 7.03. The Kier molecular flexibility index (Phi) is 5.28. The van der Waals surface area contributed by atoms with Crippen LogP contribution in [0.5, 0.6) is 5.75 Å². The van der Waals surface area contributed by atoms with Crippen LogP contribution in [0.1, 0.15) is 27.4 Å². The summed E-state index contributed by atoms with van der Waals surface area (Å²) in [6.07, 6.45) is 0. The van der Waals surface area contributed by atoms with Gasteiger partial charge in [-0.25, -0.2) is 4.68 Å². The fraction of sp³-hybridized carbons (Fsp3) is 0.0870. The lowest BCUT2D eigenvalue weighted by Gasteiger charge is -2.11. The fourth-order valence-electron chi connectivity index (χ4n) is 3.40. The maximum Gasteiger partial charge on any atom is 0.287 e. The third-order valence-corrected chi connectivity index (χ3v) is 4.93. The van der Waals surface area contributed by atoms with Gasteiger partial charge in [0.05, 0.1) is 28.5 Å². The number of phenolic OH excluding ortho intramolecular Hbond substituents is 1. The summed E-state index contributed by atoms with van der Waals surface area (Å²) >= 11 is 0. The number of hydrazine groups is 1. The number of nitrogens with one attached hydrogen (secondary N) is 3. The van der Waals surface area contributed by atoms with E-state index in [1.54, 1.807) is 30.3 Å². The van der Waals surface area contributed by atoms with Gasteiger partial charge in [-0.15, -0.1) is 0 Å². The van der Waals surface area contributed by atoms with Crippen molar-refractivity contribution in [3.05, 3.63) is 89.9 Å². The molecule has 0 saturated carbocycles. The summed E-state index contributed by atoms with van der Waals surface area (Å²) < 4.78 is 1.86. The first-order chi connectivity index (χ1) is 15.0. The average molecular weight is 414 g/mol. The van der Waals surface area contributed by atoms with Gasteiger partial charge in [-0.3, -0.25) is 20.7 Å². The van der Waals surface area contributed by atoms with E-state index in [1.807, 2.05) is 48.9 Å². The van der Waals surface area contributed by atoms with E-state index in [0.29, 0.717) is 17.0 Å². The molecule has 0 bridgehead atoms. The summed E-state index contributed by atoms with van der Waals surface area (Å²) in [5.41, 5.74) is 10.6. The SMILES string of the molecule is C=C(NNC(=O)c1cc(-c2c(C)nn(-c3ccccc3)c2C)n[nH]1)c1ccccc1O. The van der Waals surface area contributed by atoms with Crippen LogP contribution in [0.2, 0.25) is 0 Å². The number of carbonyl (C=O) groups excluding carboxylic acids is 1. The molecule has 0 aliphatic rings. The van der Waals surface area contributed by atoms with Crippen LogP contribution in [0.3, 0.4) is 0 Å². The molecule has 1 amide bonds. The van der Waals surface area contributed by atoms with Gasteiger partial charge in [-0.1, -0.05) is 36.9 Å². The monoisotopic (exact) mass is 414 g/mol. The van der Waals surface area contributed by atoms with Crippen LogP contribution in [0, 0.1) is 13.8 Å². The zero-order valence-corrected chi connectivity index (χ0v) is 17.2. The van der Waals surface area contributed by atoms with Crippen LogP contribution in [-0.2, 0) is 0 Å². The Morgan fingerprint density at radius 3 is 2.52 bits per heavy atom. The van der Waals surface area contributed by atoms with E-state index in [4.69, 9.17) is 0 Å². The minimum Gasteiger partial charge on any atom is -0.507 e. The highest BCUT2D eigenvalue weighted by Gasteiger charge is 2.19. The third-order valence-electron chi connectivity index (χ3n) is 4.93. The quantitative estimate of drug-likeness (QED) is 0.361. The Hall–Kier alpha value is -4.33. The highest BCUT2D eigenvalue weighted by atomic mass is 16.3. The largest absolute Gasteiger partial charge is 0.507 e. The lowest BCUT2D eigenvalue weighted by atomic mass is 10.1. The van der Waals surface area contributed by atoms with Crippen LogP contribution in [0.4, 0.5) is 0 Å². The minimum absolute atomic E-state index is 0.0689. The number of aromatic hydroxyl groups is 1. The summed E-state index contributed by atoms with van der Waals surface area (Å²) in [6, 6.07) is 18.2. The molecular formula is C23H22N6O2. The molecule has 4 aromatic rings. The highest BCUT2D eigenvalue weighted by molar-refractivity contribution is 5.93. The molecule has 0 unspecified atom stereocenters. The third kappa shape index (κ3) is 3.91. The van der Waals surface area contributed by atoms with Crippen LogP contribution in [0.15, 0.2) is 67.2 Å². The van der Waals surface area contributed by atoms with Crippen LogP contribution in [0.25, 0.3) is 22.6 Å². The molecule has 0 spiro atoms. The topological polar surface area (TPSA) is 108 Å². The van der Waals surface area contributed by atoms with Crippen molar-refractivity contribution in [2.45, 2.75) is 13.8 Å². The molecule has 156 valence electrons. The van der Waals surface area contributed by atoms with E-state index in [1.165, 1.54) is 0 Å². The molecule has 2 aromatic carbocycles. The predicted molar refractivity (Wildman–Crippen MR) is 118 cm³/mol. The number of aryl methyl sites for hydroxylation is 1. The highest BCUT2D eigenvalue weighted by Crippen LogP contribution is 2.27. The number of amides is 1. The molecule has 0 aliphatic heterocycles. The number of aromatic amines is 1. The van der Waals surface area contributed by atoms with E-state index in [0.717, 1.165) is 22.6 Å². The Labute approximate surface area is 179 Å². The maximum absolute atomic E-state index is 12.5. The van der Waals surface area contributed by atoms with E-state index in [-0.39, 0.29) is 11.4 Å². The van der Waals surface area contributed by atoms with Crippen LogP contribution in [-0.4, -0.2) is 31.0 Å². The van der Waals surface area contributed by atoms with Crippen molar-refractivity contribution in [3.8, 4) is 22.7 Å². The fourth-order valence-corrected chi connectivity index (χ4v) is 3.40. The Bertz CT molecular complexity index is 1260. The summed E-state index contributed by atoms with van der Waals surface area (Å²) in [6.45, 7) is 7.71.